The van der Waals surface area contributed by atoms with Crippen molar-refractivity contribution in [3.63, 3.8) is 0 Å². The van der Waals surface area contributed by atoms with Crippen LogP contribution in [0.3, 0.4) is 0 Å². The summed E-state index contributed by atoms with van der Waals surface area (Å²) >= 11 is 0. The Morgan fingerprint density at radius 1 is 0.733 bits per heavy atom. The fourth-order valence-electron chi connectivity index (χ4n) is 5.34. The number of carbonyl (C=O) groups is 1. The van der Waals surface area contributed by atoms with Gasteiger partial charge >= 0.3 is 0 Å². The predicted molar refractivity (Wildman–Crippen MR) is 175 cm³/mol. The number of benzene rings is 5. The summed E-state index contributed by atoms with van der Waals surface area (Å²) in [5.41, 5.74) is 9.37. The molecule has 0 aliphatic heterocycles. The van der Waals surface area contributed by atoms with Crippen LogP contribution in [-0.4, -0.2) is 38.8 Å². The van der Waals surface area contributed by atoms with Crippen molar-refractivity contribution in [1.82, 2.24) is 19.9 Å². The molecule has 4 N–H and O–H groups in total. The van der Waals surface area contributed by atoms with E-state index >= 15 is 0 Å². The van der Waals surface area contributed by atoms with Crippen LogP contribution in [0.4, 0.5) is 5.69 Å². The van der Waals surface area contributed by atoms with E-state index in [-0.39, 0.29) is 5.56 Å². The quantitative estimate of drug-likeness (QED) is 0.141. The van der Waals surface area contributed by atoms with E-state index in [9.17, 15) is 17.8 Å². The molecule has 7 rings (SSSR count). The number of aromatic amines is 2. The number of H-pyrrole nitrogens is 2. The standard InChI is InChI=1S/C35H27N5O4S/c1-21-6-10-24(11-7-21)33-37-28-16-8-22(19-30(28)39-33)18-23-9-17-29-31(20-23)40-34(38-29)25-12-14-26(15-13-25)36-35(41)27-4-2-3-5-32(27)45(42,43)44/h2-17,19-20H,18H2,1H3,(H,36,41)(H,37,39)(H,38,40)(H,42,43,44). The number of carbonyl (C=O) groups excluding carboxylic acids is 1. The van der Waals surface area contributed by atoms with E-state index in [2.05, 4.69) is 70.7 Å². The van der Waals surface area contributed by atoms with Crippen molar-refractivity contribution in [2.24, 2.45) is 0 Å². The number of anilines is 1. The normalized spacial score (nSPS) is 11.7. The van der Waals surface area contributed by atoms with Crippen LogP contribution in [0.5, 0.6) is 0 Å². The third kappa shape index (κ3) is 5.84. The molecule has 0 radical (unpaired) electrons. The van der Waals surface area contributed by atoms with Gasteiger partial charge in [-0.1, -0.05) is 54.1 Å². The number of fused-ring (bicyclic) bond motifs is 2. The van der Waals surface area contributed by atoms with Gasteiger partial charge in [0.2, 0.25) is 0 Å². The van der Waals surface area contributed by atoms with Crippen LogP contribution < -0.4 is 5.32 Å². The average molecular weight is 614 g/mol. The number of rotatable bonds is 7. The van der Waals surface area contributed by atoms with E-state index in [1.807, 2.05) is 24.3 Å². The second-order valence-corrected chi connectivity index (χ2v) is 12.3. The Morgan fingerprint density at radius 2 is 1.27 bits per heavy atom. The summed E-state index contributed by atoms with van der Waals surface area (Å²) < 4.78 is 32.8. The van der Waals surface area contributed by atoms with Crippen molar-refractivity contribution < 1.29 is 17.8 Å². The number of imidazole rings is 2. The summed E-state index contributed by atoms with van der Waals surface area (Å²) in [6.45, 7) is 2.07. The molecular weight excluding hydrogens is 586 g/mol. The van der Waals surface area contributed by atoms with Gasteiger partial charge in [0.05, 0.1) is 27.6 Å². The van der Waals surface area contributed by atoms with Crippen LogP contribution >= 0.6 is 0 Å². The Labute approximate surface area is 258 Å². The Hall–Kier alpha value is -5.58. The lowest BCUT2D eigenvalue weighted by Crippen LogP contribution is -2.16. The van der Waals surface area contributed by atoms with Crippen LogP contribution in [0.2, 0.25) is 0 Å². The van der Waals surface area contributed by atoms with Crippen molar-refractivity contribution >= 4 is 43.8 Å². The SMILES string of the molecule is Cc1ccc(-c2nc3ccc(Cc4ccc5nc(-c6ccc(NC(=O)c7ccccc7S(=O)(=O)O)cc6)[nH]c5c4)cc3[nH]2)cc1. The zero-order valence-electron chi connectivity index (χ0n) is 24.1. The first-order valence-corrected chi connectivity index (χ1v) is 15.7. The molecule has 0 atom stereocenters. The number of amides is 1. The minimum Gasteiger partial charge on any atom is -0.338 e. The molecule has 2 aromatic heterocycles. The molecule has 0 aliphatic rings. The van der Waals surface area contributed by atoms with Gasteiger partial charge in [-0.15, -0.1) is 0 Å². The van der Waals surface area contributed by atoms with Crippen LogP contribution in [0.25, 0.3) is 44.8 Å². The molecule has 7 aromatic rings. The van der Waals surface area contributed by atoms with Crippen LogP contribution in [0.15, 0.2) is 114 Å². The van der Waals surface area contributed by atoms with Crippen molar-refractivity contribution in [3.8, 4) is 22.8 Å². The van der Waals surface area contributed by atoms with E-state index in [1.165, 1.54) is 29.8 Å². The van der Waals surface area contributed by atoms with E-state index in [1.54, 1.807) is 12.1 Å². The topological polar surface area (TPSA) is 141 Å². The fraction of sp³-hybridized carbons (Fsp3) is 0.0571. The Balaban J connectivity index is 1.07. The van der Waals surface area contributed by atoms with Crippen LogP contribution in [0, 0.1) is 6.92 Å². The van der Waals surface area contributed by atoms with E-state index in [0.29, 0.717) is 11.5 Å². The van der Waals surface area contributed by atoms with Gasteiger partial charge in [0.1, 0.15) is 16.5 Å². The minimum atomic E-state index is -4.54. The van der Waals surface area contributed by atoms with Gasteiger partial charge < -0.3 is 15.3 Å². The highest BCUT2D eigenvalue weighted by atomic mass is 32.2. The largest absolute Gasteiger partial charge is 0.338 e. The maximum absolute atomic E-state index is 12.7. The monoisotopic (exact) mass is 613 g/mol. The molecule has 10 heteroatoms. The third-order valence-corrected chi connectivity index (χ3v) is 8.56. The van der Waals surface area contributed by atoms with Crippen molar-refractivity contribution in [3.05, 3.63) is 131 Å². The van der Waals surface area contributed by atoms with Gasteiger partial charge in [-0.05, 0) is 85.1 Å². The molecule has 1 amide bonds. The summed E-state index contributed by atoms with van der Waals surface area (Å²) in [5.74, 6) is 0.886. The summed E-state index contributed by atoms with van der Waals surface area (Å²) in [6.07, 6.45) is 0.744. The minimum absolute atomic E-state index is 0.145. The van der Waals surface area contributed by atoms with Gasteiger partial charge in [0.15, 0.2) is 0 Å². The molecule has 222 valence electrons. The first-order chi connectivity index (χ1) is 21.7. The molecule has 0 saturated heterocycles. The van der Waals surface area contributed by atoms with Crippen LogP contribution in [0.1, 0.15) is 27.0 Å². The predicted octanol–water partition coefficient (Wildman–Crippen LogP) is 7.17. The molecule has 45 heavy (non-hydrogen) atoms. The first kappa shape index (κ1) is 28.2. The number of hydrogen-bond donors (Lipinski definition) is 4. The first-order valence-electron chi connectivity index (χ1n) is 14.2. The highest BCUT2D eigenvalue weighted by Gasteiger charge is 2.20. The summed E-state index contributed by atoms with van der Waals surface area (Å²) in [5, 5.41) is 2.68. The fourth-order valence-corrected chi connectivity index (χ4v) is 6.03. The second-order valence-electron chi connectivity index (χ2n) is 10.9. The number of hydrogen-bond acceptors (Lipinski definition) is 5. The molecule has 9 nitrogen and oxygen atoms in total. The van der Waals surface area contributed by atoms with E-state index < -0.39 is 20.9 Å². The maximum Gasteiger partial charge on any atom is 0.295 e. The van der Waals surface area contributed by atoms with Gasteiger partial charge in [0, 0.05) is 16.8 Å². The lowest BCUT2D eigenvalue weighted by atomic mass is 10.0. The van der Waals surface area contributed by atoms with Gasteiger partial charge in [-0.2, -0.15) is 8.42 Å². The molecule has 5 aromatic carbocycles. The maximum atomic E-state index is 12.7. The number of aromatic nitrogens is 4. The molecule has 2 heterocycles. The molecule has 0 fully saturated rings. The highest BCUT2D eigenvalue weighted by Crippen LogP contribution is 2.26. The molecular formula is C35H27N5O4S. The van der Waals surface area contributed by atoms with Gasteiger partial charge in [-0.3, -0.25) is 9.35 Å². The molecule has 0 bridgehead atoms. The Morgan fingerprint density at radius 3 is 1.82 bits per heavy atom. The number of nitrogens with one attached hydrogen (secondary N) is 3. The Bertz CT molecular complexity index is 2320. The van der Waals surface area contributed by atoms with E-state index in [4.69, 9.17) is 9.97 Å². The van der Waals surface area contributed by atoms with Crippen LogP contribution in [-0.2, 0) is 16.5 Å². The van der Waals surface area contributed by atoms with E-state index in [0.717, 1.165) is 56.6 Å². The molecule has 0 spiro atoms. The van der Waals surface area contributed by atoms with Gasteiger partial charge in [0.25, 0.3) is 16.0 Å². The molecule has 0 saturated carbocycles. The smallest absolute Gasteiger partial charge is 0.295 e. The van der Waals surface area contributed by atoms with Crippen molar-refractivity contribution in [2.45, 2.75) is 18.2 Å². The Kier molecular flexibility index (Phi) is 7.00. The average Bonchev–Trinajstić information content (AvgIpc) is 3.65. The number of aryl methyl sites for hydroxylation is 1. The molecule has 0 aliphatic carbocycles. The van der Waals surface area contributed by atoms with Crippen molar-refractivity contribution in [1.29, 1.82) is 0 Å². The summed E-state index contributed by atoms with van der Waals surface area (Å²) in [4.78, 5) is 28.6. The second kappa shape index (κ2) is 11.2. The summed E-state index contributed by atoms with van der Waals surface area (Å²) in [6, 6.07) is 33.3. The number of nitrogens with zero attached hydrogens (tertiary/aromatic N) is 2. The summed E-state index contributed by atoms with van der Waals surface area (Å²) in [7, 11) is -4.54. The zero-order valence-corrected chi connectivity index (χ0v) is 24.9. The van der Waals surface area contributed by atoms with Gasteiger partial charge in [-0.25, -0.2) is 9.97 Å². The molecule has 0 unspecified atom stereocenters. The lowest BCUT2D eigenvalue weighted by Gasteiger charge is -2.08. The zero-order chi connectivity index (χ0) is 31.1. The van der Waals surface area contributed by atoms with Crippen molar-refractivity contribution in [2.75, 3.05) is 5.32 Å². The third-order valence-electron chi connectivity index (χ3n) is 7.65. The lowest BCUT2D eigenvalue weighted by molar-refractivity contribution is 0.102. The highest BCUT2D eigenvalue weighted by molar-refractivity contribution is 7.86.